The van der Waals surface area contributed by atoms with Crippen LogP contribution in [0, 0.1) is 0 Å². The second-order valence-electron chi connectivity index (χ2n) is 6.42. The van der Waals surface area contributed by atoms with Crippen LogP contribution in [0.25, 0.3) is 22.2 Å². The van der Waals surface area contributed by atoms with Crippen molar-refractivity contribution in [3.8, 4) is 11.1 Å². The summed E-state index contributed by atoms with van der Waals surface area (Å²) < 4.78 is 3.86. The van der Waals surface area contributed by atoms with E-state index in [1.807, 2.05) is 41.0 Å². The molecule has 4 nitrogen and oxygen atoms in total. The number of rotatable bonds is 3. The molecule has 4 aromatic rings. The number of fused-ring (bicyclic) bond motifs is 2. The SMILES string of the molecule is O=c1c2c(nc3n1CCS3)c(-c1ccccc1)cn2Cc1ccccc1. The maximum Gasteiger partial charge on any atom is 0.278 e. The standard InChI is InChI=1S/C21H17N3OS/c25-20-19-18(22-21-24(20)11-12-26-21)17(16-9-5-2-6-10-16)14-23(19)13-15-7-3-1-4-8-15/h1-10,14H,11-13H2. The van der Waals surface area contributed by atoms with Gasteiger partial charge in [0.05, 0.1) is 0 Å². The van der Waals surface area contributed by atoms with Gasteiger partial charge in [-0.2, -0.15) is 0 Å². The summed E-state index contributed by atoms with van der Waals surface area (Å²) >= 11 is 1.66. The zero-order chi connectivity index (χ0) is 17.5. The first-order chi connectivity index (χ1) is 12.8. The first-order valence-electron chi connectivity index (χ1n) is 8.67. The van der Waals surface area contributed by atoms with Crippen LogP contribution in [0.4, 0.5) is 0 Å². The maximum absolute atomic E-state index is 13.2. The molecule has 0 saturated heterocycles. The smallest absolute Gasteiger partial charge is 0.278 e. The first kappa shape index (κ1) is 15.5. The highest BCUT2D eigenvalue weighted by atomic mass is 32.2. The molecule has 3 heterocycles. The van der Waals surface area contributed by atoms with E-state index < -0.39 is 0 Å². The molecule has 0 spiro atoms. The van der Waals surface area contributed by atoms with E-state index in [2.05, 4.69) is 35.0 Å². The Balaban J connectivity index is 1.78. The number of aromatic nitrogens is 3. The largest absolute Gasteiger partial charge is 0.337 e. The lowest BCUT2D eigenvalue weighted by molar-refractivity contribution is 0.662. The predicted octanol–water partition coefficient (Wildman–Crippen LogP) is 4.02. The molecule has 26 heavy (non-hydrogen) atoms. The van der Waals surface area contributed by atoms with Crippen molar-refractivity contribution in [1.29, 1.82) is 0 Å². The van der Waals surface area contributed by atoms with Crippen LogP contribution in [-0.2, 0) is 13.1 Å². The predicted molar refractivity (Wildman–Crippen MR) is 106 cm³/mol. The summed E-state index contributed by atoms with van der Waals surface area (Å²) in [6.45, 7) is 1.40. The number of thioether (sulfide) groups is 1. The summed E-state index contributed by atoms with van der Waals surface area (Å²) in [7, 11) is 0. The van der Waals surface area contributed by atoms with Crippen LogP contribution in [0.5, 0.6) is 0 Å². The molecule has 1 aliphatic rings. The van der Waals surface area contributed by atoms with Crippen molar-refractivity contribution in [3.63, 3.8) is 0 Å². The molecule has 0 atom stereocenters. The molecule has 5 heteroatoms. The molecule has 0 fully saturated rings. The van der Waals surface area contributed by atoms with E-state index in [0.717, 1.165) is 34.1 Å². The highest BCUT2D eigenvalue weighted by Gasteiger charge is 2.22. The lowest BCUT2D eigenvalue weighted by Crippen LogP contribution is -2.22. The van der Waals surface area contributed by atoms with Gasteiger partial charge < -0.3 is 4.57 Å². The number of hydrogen-bond acceptors (Lipinski definition) is 3. The van der Waals surface area contributed by atoms with Crippen molar-refractivity contribution in [2.45, 2.75) is 18.2 Å². The molecule has 0 saturated carbocycles. The van der Waals surface area contributed by atoms with Crippen LogP contribution >= 0.6 is 11.8 Å². The Kier molecular flexibility index (Phi) is 3.68. The van der Waals surface area contributed by atoms with Crippen molar-refractivity contribution >= 4 is 22.8 Å². The van der Waals surface area contributed by atoms with Gasteiger partial charge in [0.15, 0.2) is 5.16 Å². The minimum atomic E-state index is 0.0631. The van der Waals surface area contributed by atoms with Gasteiger partial charge in [-0.15, -0.1) is 0 Å². The van der Waals surface area contributed by atoms with E-state index in [9.17, 15) is 4.79 Å². The third-order valence-corrected chi connectivity index (χ3v) is 5.72. The minimum absolute atomic E-state index is 0.0631. The van der Waals surface area contributed by atoms with Crippen LogP contribution in [0.2, 0.25) is 0 Å². The first-order valence-corrected chi connectivity index (χ1v) is 9.65. The monoisotopic (exact) mass is 359 g/mol. The van der Waals surface area contributed by atoms with Gasteiger partial charge in [0.2, 0.25) is 0 Å². The van der Waals surface area contributed by atoms with E-state index in [1.165, 1.54) is 5.56 Å². The average molecular weight is 359 g/mol. The van der Waals surface area contributed by atoms with Crippen molar-refractivity contribution in [2.75, 3.05) is 5.75 Å². The fourth-order valence-electron chi connectivity index (χ4n) is 3.52. The number of hydrogen-bond donors (Lipinski definition) is 0. The summed E-state index contributed by atoms with van der Waals surface area (Å²) in [6, 6.07) is 20.4. The Hall–Kier alpha value is -2.79. The van der Waals surface area contributed by atoms with E-state index >= 15 is 0 Å². The van der Waals surface area contributed by atoms with Crippen LogP contribution in [0.15, 0.2) is 76.8 Å². The Morgan fingerprint density at radius 2 is 1.73 bits per heavy atom. The Morgan fingerprint density at radius 1 is 1.00 bits per heavy atom. The van der Waals surface area contributed by atoms with Gasteiger partial charge in [0.25, 0.3) is 5.56 Å². The van der Waals surface area contributed by atoms with E-state index in [0.29, 0.717) is 12.1 Å². The normalized spacial score (nSPS) is 13.2. The van der Waals surface area contributed by atoms with Gasteiger partial charge in [0, 0.05) is 30.6 Å². The van der Waals surface area contributed by atoms with Gasteiger partial charge >= 0.3 is 0 Å². The van der Waals surface area contributed by atoms with Gasteiger partial charge in [-0.3, -0.25) is 9.36 Å². The fraction of sp³-hybridized carbons (Fsp3) is 0.143. The van der Waals surface area contributed by atoms with Crippen molar-refractivity contribution in [1.82, 2.24) is 14.1 Å². The van der Waals surface area contributed by atoms with Crippen LogP contribution in [0.3, 0.4) is 0 Å². The van der Waals surface area contributed by atoms with Crippen LogP contribution < -0.4 is 5.56 Å². The number of nitrogens with zero attached hydrogens (tertiary/aromatic N) is 3. The molecule has 5 rings (SSSR count). The lowest BCUT2D eigenvalue weighted by Gasteiger charge is -2.07. The second-order valence-corrected chi connectivity index (χ2v) is 7.48. The summed E-state index contributed by atoms with van der Waals surface area (Å²) in [5, 5.41) is 0.831. The molecular weight excluding hydrogens is 342 g/mol. The molecule has 0 radical (unpaired) electrons. The molecule has 2 aromatic carbocycles. The third-order valence-electron chi connectivity index (χ3n) is 4.76. The highest BCUT2D eigenvalue weighted by Crippen LogP contribution is 2.31. The molecule has 0 aliphatic carbocycles. The van der Waals surface area contributed by atoms with E-state index in [-0.39, 0.29) is 5.56 Å². The van der Waals surface area contributed by atoms with Crippen LogP contribution in [-0.4, -0.2) is 19.9 Å². The maximum atomic E-state index is 13.2. The summed E-state index contributed by atoms with van der Waals surface area (Å²) in [4.78, 5) is 18.0. The molecular formula is C21H17N3OS. The Labute approximate surface area is 155 Å². The van der Waals surface area contributed by atoms with Crippen LogP contribution in [0.1, 0.15) is 5.56 Å². The molecule has 2 aromatic heterocycles. The highest BCUT2D eigenvalue weighted by molar-refractivity contribution is 7.99. The Bertz CT molecular complexity index is 1150. The van der Waals surface area contributed by atoms with E-state index in [1.54, 1.807) is 11.8 Å². The third kappa shape index (κ3) is 2.47. The Morgan fingerprint density at radius 3 is 2.50 bits per heavy atom. The molecule has 1 aliphatic heterocycles. The molecule has 0 N–H and O–H groups in total. The summed E-state index contributed by atoms with van der Waals surface area (Å²) in [5.41, 5.74) is 4.84. The molecule has 128 valence electrons. The minimum Gasteiger partial charge on any atom is -0.337 e. The molecule has 0 amide bonds. The topological polar surface area (TPSA) is 39.8 Å². The zero-order valence-corrected chi connectivity index (χ0v) is 14.9. The van der Waals surface area contributed by atoms with Gasteiger partial charge in [-0.05, 0) is 11.1 Å². The van der Waals surface area contributed by atoms with Gasteiger partial charge in [0.1, 0.15) is 11.0 Å². The van der Waals surface area contributed by atoms with Crippen molar-refractivity contribution in [2.24, 2.45) is 0 Å². The lowest BCUT2D eigenvalue weighted by atomic mass is 10.1. The second kappa shape index (κ2) is 6.18. The van der Waals surface area contributed by atoms with Gasteiger partial charge in [-0.25, -0.2) is 4.98 Å². The van der Waals surface area contributed by atoms with E-state index in [4.69, 9.17) is 4.98 Å². The van der Waals surface area contributed by atoms with Crippen molar-refractivity contribution in [3.05, 3.63) is 82.8 Å². The van der Waals surface area contributed by atoms with Gasteiger partial charge in [-0.1, -0.05) is 72.4 Å². The molecule has 0 bridgehead atoms. The number of benzene rings is 2. The summed E-state index contributed by atoms with van der Waals surface area (Å²) in [6.07, 6.45) is 2.07. The molecule has 0 unspecified atom stereocenters. The zero-order valence-electron chi connectivity index (χ0n) is 14.1. The fourth-order valence-corrected chi connectivity index (χ4v) is 4.46. The average Bonchev–Trinajstić information content (AvgIpc) is 3.29. The quantitative estimate of drug-likeness (QED) is 0.519. The van der Waals surface area contributed by atoms with Crippen molar-refractivity contribution < 1.29 is 0 Å². The summed E-state index contributed by atoms with van der Waals surface area (Å²) in [5.74, 6) is 0.911.